The summed E-state index contributed by atoms with van der Waals surface area (Å²) in [4.78, 5) is 24.7. The summed E-state index contributed by atoms with van der Waals surface area (Å²) < 4.78 is 5.11. The fourth-order valence-corrected chi connectivity index (χ4v) is 3.38. The molecule has 0 aliphatic rings. The van der Waals surface area contributed by atoms with E-state index in [1.807, 2.05) is 30.3 Å². The molecular weight excluding hydrogens is 338 g/mol. The molecule has 3 rings (SSSR count). The second-order valence-electron chi connectivity index (χ2n) is 5.21. The number of anilines is 1. The van der Waals surface area contributed by atoms with Gasteiger partial charge >= 0.3 is 5.97 Å². The van der Waals surface area contributed by atoms with E-state index in [-0.39, 0.29) is 11.5 Å². The quantitative estimate of drug-likeness (QED) is 0.714. The summed E-state index contributed by atoms with van der Waals surface area (Å²) in [5.74, 6) is -0.913. The van der Waals surface area contributed by atoms with Crippen molar-refractivity contribution >= 4 is 28.2 Å². The highest BCUT2D eigenvalue weighted by atomic mass is 32.1. The molecule has 0 saturated heterocycles. The van der Waals surface area contributed by atoms with E-state index in [1.165, 1.54) is 18.4 Å². The second kappa shape index (κ2) is 7.19. The first-order valence-corrected chi connectivity index (χ1v) is 8.28. The van der Waals surface area contributed by atoms with Crippen LogP contribution in [0.1, 0.15) is 20.7 Å². The summed E-state index contributed by atoms with van der Waals surface area (Å²) >= 11 is 1.23. The minimum atomic E-state index is -1.08. The summed E-state index contributed by atoms with van der Waals surface area (Å²) in [7, 11) is 1.52. The van der Waals surface area contributed by atoms with E-state index >= 15 is 0 Å². The Morgan fingerprint density at radius 2 is 1.80 bits per heavy atom. The van der Waals surface area contributed by atoms with E-state index in [0.717, 1.165) is 10.4 Å². The average Bonchev–Trinajstić information content (AvgIpc) is 3.06. The van der Waals surface area contributed by atoms with Crippen LogP contribution in [0.15, 0.2) is 60.7 Å². The summed E-state index contributed by atoms with van der Waals surface area (Å²) in [6.07, 6.45) is 0. The van der Waals surface area contributed by atoms with Crippen LogP contribution in [0.3, 0.4) is 0 Å². The Labute approximate surface area is 148 Å². The highest BCUT2D eigenvalue weighted by Gasteiger charge is 2.19. The lowest BCUT2D eigenvalue weighted by Crippen LogP contribution is -2.13. The van der Waals surface area contributed by atoms with E-state index in [4.69, 9.17) is 4.74 Å². The monoisotopic (exact) mass is 353 g/mol. The zero-order valence-corrected chi connectivity index (χ0v) is 14.2. The predicted molar refractivity (Wildman–Crippen MR) is 97.7 cm³/mol. The number of hydrogen-bond donors (Lipinski definition) is 2. The number of thiophene rings is 1. The molecule has 0 radical (unpaired) electrons. The maximum atomic E-state index is 12.4. The van der Waals surface area contributed by atoms with Crippen LogP contribution in [0.25, 0.3) is 10.4 Å². The molecule has 0 atom stereocenters. The lowest BCUT2D eigenvalue weighted by Gasteiger charge is -2.06. The van der Waals surface area contributed by atoms with Crippen LogP contribution >= 0.6 is 11.3 Å². The van der Waals surface area contributed by atoms with Gasteiger partial charge in [0.15, 0.2) is 0 Å². The molecule has 0 aliphatic carbocycles. The summed E-state index contributed by atoms with van der Waals surface area (Å²) in [5.41, 5.74) is 1.36. The van der Waals surface area contributed by atoms with Crippen molar-refractivity contribution in [2.75, 3.05) is 12.4 Å². The third-order valence-corrected chi connectivity index (χ3v) is 4.68. The summed E-state index contributed by atoms with van der Waals surface area (Å²) in [6, 6.07) is 17.7. The highest BCUT2D eigenvalue weighted by molar-refractivity contribution is 7.20. The number of carboxylic acids is 1. The molecule has 1 aromatic heterocycles. The molecule has 1 amide bonds. The van der Waals surface area contributed by atoms with E-state index < -0.39 is 5.97 Å². The Hall–Kier alpha value is -3.12. The number of methoxy groups -OCH3 is 1. The van der Waals surface area contributed by atoms with Crippen molar-refractivity contribution in [2.45, 2.75) is 0 Å². The average molecular weight is 353 g/mol. The number of benzene rings is 2. The van der Waals surface area contributed by atoms with Crippen LogP contribution in [-0.2, 0) is 0 Å². The van der Waals surface area contributed by atoms with Crippen LogP contribution in [0.5, 0.6) is 5.75 Å². The highest BCUT2D eigenvalue weighted by Crippen LogP contribution is 2.35. The Kier molecular flexibility index (Phi) is 4.81. The Balaban J connectivity index is 1.92. The van der Waals surface area contributed by atoms with Gasteiger partial charge in [-0.1, -0.05) is 36.4 Å². The lowest BCUT2D eigenvalue weighted by atomic mass is 10.1. The van der Waals surface area contributed by atoms with E-state index in [9.17, 15) is 14.7 Å². The van der Waals surface area contributed by atoms with E-state index in [2.05, 4.69) is 5.32 Å². The maximum absolute atomic E-state index is 12.4. The predicted octanol–water partition coefficient (Wildman–Crippen LogP) is 4.37. The van der Waals surface area contributed by atoms with Gasteiger partial charge in [0.05, 0.1) is 12.7 Å². The molecule has 0 unspecified atom stereocenters. The zero-order chi connectivity index (χ0) is 17.8. The van der Waals surface area contributed by atoms with Gasteiger partial charge in [-0.2, -0.15) is 0 Å². The molecule has 2 aromatic carbocycles. The minimum Gasteiger partial charge on any atom is -0.497 e. The Bertz CT molecular complexity index is 918. The molecule has 0 bridgehead atoms. The van der Waals surface area contributed by atoms with Gasteiger partial charge in [0.25, 0.3) is 5.91 Å². The number of ether oxygens (including phenoxy) is 1. The fourth-order valence-electron chi connectivity index (χ4n) is 2.33. The molecule has 5 nitrogen and oxygen atoms in total. The molecule has 1 heterocycles. The van der Waals surface area contributed by atoms with Crippen LogP contribution in [0.4, 0.5) is 5.00 Å². The first kappa shape index (κ1) is 16.7. The first-order valence-electron chi connectivity index (χ1n) is 7.46. The van der Waals surface area contributed by atoms with E-state index in [0.29, 0.717) is 16.3 Å². The van der Waals surface area contributed by atoms with Gasteiger partial charge in [0.2, 0.25) is 0 Å². The molecule has 0 saturated carbocycles. The lowest BCUT2D eigenvalue weighted by molar-refractivity contribution is 0.0698. The maximum Gasteiger partial charge on any atom is 0.338 e. The van der Waals surface area contributed by atoms with Crippen molar-refractivity contribution in [1.82, 2.24) is 0 Å². The molecule has 0 fully saturated rings. The van der Waals surface area contributed by atoms with Gasteiger partial charge in [-0.25, -0.2) is 4.79 Å². The smallest absolute Gasteiger partial charge is 0.338 e. The first-order chi connectivity index (χ1) is 12.1. The number of amides is 1. The van der Waals surface area contributed by atoms with Crippen LogP contribution in [-0.4, -0.2) is 24.1 Å². The number of hydrogen-bond acceptors (Lipinski definition) is 4. The van der Waals surface area contributed by atoms with Crippen molar-refractivity contribution in [3.05, 3.63) is 71.8 Å². The van der Waals surface area contributed by atoms with E-state index in [1.54, 1.807) is 30.3 Å². The van der Waals surface area contributed by atoms with Gasteiger partial charge < -0.3 is 15.2 Å². The molecule has 2 N–H and O–H groups in total. The molecule has 126 valence electrons. The normalized spacial score (nSPS) is 10.3. The molecule has 6 heteroatoms. The fraction of sp³-hybridized carbons (Fsp3) is 0.0526. The number of rotatable bonds is 5. The number of carbonyl (C=O) groups excluding carboxylic acids is 1. The standard InChI is InChI=1S/C19H15NO4S/c1-24-14-9-5-8-13(10-14)17(21)20-18-15(19(22)23)11-16(25-18)12-6-3-2-4-7-12/h2-11H,1H3,(H,20,21)(H,22,23). The topological polar surface area (TPSA) is 75.6 Å². The largest absolute Gasteiger partial charge is 0.497 e. The third kappa shape index (κ3) is 3.70. The molecule has 0 aliphatic heterocycles. The molecule has 3 aromatic rings. The molecular formula is C19H15NO4S. The van der Waals surface area contributed by atoms with Crippen molar-refractivity contribution < 1.29 is 19.4 Å². The van der Waals surface area contributed by atoms with Crippen molar-refractivity contribution in [2.24, 2.45) is 0 Å². The van der Waals surface area contributed by atoms with Gasteiger partial charge in [-0.05, 0) is 29.8 Å². The Morgan fingerprint density at radius 1 is 1.04 bits per heavy atom. The van der Waals surface area contributed by atoms with Crippen molar-refractivity contribution in [3.8, 4) is 16.2 Å². The Morgan fingerprint density at radius 3 is 2.48 bits per heavy atom. The zero-order valence-electron chi connectivity index (χ0n) is 13.4. The van der Waals surface area contributed by atoms with Crippen molar-refractivity contribution in [3.63, 3.8) is 0 Å². The minimum absolute atomic E-state index is 0.0695. The summed E-state index contributed by atoms with van der Waals surface area (Å²) in [5, 5.41) is 12.4. The third-order valence-electron chi connectivity index (χ3n) is 3.58. The number of aromatic carboxylic acids is 1. The van der Waals surface area contributed by atoms with Crippen LogP contribution < -0.4 is 10.1 Å². The van der Waals surface area contributed by atoms with Gasteiger partial charge in [0, 0.05) is 10.4 Å². The number of carbonyl (C=O) groups is 2. The number of nitrogens with one attached hydrogen (secondary N) is 1. The molecule has 25 heavy (non-hydrogen) atoms. The summed E-state index contributed by atoms with van der Waals surface area (Å²) in [6.45, 7) is 0. The molecule has 0 spiro atoms. The number of carboxylic acid groups (broad SMARTS) is 1. The van der Waals surface area contributed by atoms with Gasteiger partial charge in [-0.3, -0.25) is 4.79 Å². The SMILES string of the molecule is COc1cccc(C(=O)Nc2sc(-c3ccccc3)cc2C(=O)O)c1. The van der Waals surface area contributed by atoms with Crippen LogP contribution in [0.2, 0.25) is 0 Å². The van der Waals surface area contributed by atoms with Gasteiger partial charge in [-0.15, -0.1) is 11.3 Å². The van der Waals surface area contributed by atoms with Gasteiger partial charge in [0.1, 0.15) is 10.8 Å². The second-order valence-corrected chi connectivity index (χ2v) is 6.26. The van der Waals surface area contributed by atoms with Crippen LogP contribution in [0, 0.1) is 0 Å². The van der Waals surface area contributed by atoms with Crippen molar-refractivity contribution in [1.29, 1.82) is 0 Å².